The molecule has 0 fully saturated rings. The number of hydrogen-bond acceptors (Lipinski definition) is 2. The number of rotatable bonds is 3. The molecule has 0 heterocycles. The Morgan fingerprint density at radius 2 is 2.29 bits per heavy atom. The fraction of sp³-hybridized carbons (Fsp3) is 0.750. The van der Waals surface area contributed by atoms with Crippen LogP contribution in [0.15, 0.2) is 0 Å². The SMILES string of the molecule is CCCOC=O.[Zr]. The fourth-order valence-electron chi connectivity index (χ4n) is 0.166. The molecule has 0 aromatic carbocycles. The van der Waals surface area contributed by atoms with Crippen LogP contribution in [0.4, 0.5) is 0 Å². The quantitative estimate of drug-likeness (QED) is 0.467. The standard InChI is InChI=1S/C4H8O2.Zr/c1-2-3-6-4-5;/h4H,2-3H2,1H3;. The van der Waals surface area contributed by atoms with E-state index in [-0.39, 0.29) is 26.2 Å². The van der Waals surface area contributed by atoms with Crippen LogP contribution in [0.5, 0.6) is 0 Å². The van der Waals surface area contributed by atoms with Crippen molar-refractivity contribution in [1.82, 2.24) is 0 Å². The van der Waals surface area contributed by atoms with Gasteiger partial charge >= 0.3 is 0 Å². The molecule has 7 heavy (non-hydrogen) atoms. The Kier molecular flexibility index (Phi) is 14.2. The zero-order chi connectivity index (χ0) is 4.83. The summed E-state index contributed by atoms with van der Waals surface area (Å²) in [6.45, 7) is 2.95. The summed E-state index contributed by atoms with van der Waals surface area (Å²) in [6, 6.07) is 0. The molecule has 0 amide bonds. The molecule has 0 radical (unpaired) electrons. The third-order valence-electron chi connectivity index (χ3n) is 0.390. The minimum absolute atomic E-state index is 0. The molecule has 0 rings (SSSR count). The van der Waals surface area contributed by atoms with E-state index < -0.39 is 0 Å². The first-order valence-corrected chi connectivity index (χ1v) is 1.97. The van der Waals surface area contributed by atoms with Crippen LogP contribution in [0.25, 0.3) is 0 Å². The molecule has 40 valence electrons. The summed E-state index contributed by atoms with van der Waals surface area (Å²) in [7, 11) is 0. The van der Waals surface area contributed by atoms with Crippen LogP contribution in [-0.4, -0.2) is 13.1 Å². The maximum Gasteiger partial charge on any atom is 0.293 e. The van der Waals surface area contributed by atoms with Gasteiger partial charge in [-0.3, -0.25) is 4.79 Å². The van der Waals surface area contributed by atoms with Crippen molar-refractivity contribution in [2.45, 2.75) is 13.3 Å². The molecule has 2 nitrogen and oxygen atoms in total. The predicted molar refractivity (Wildman–Crippen MR) is 22.3 cm³/mol. The summed E-state index contributed by atoms with van der Waals surface area (Å²) >= 11 is 0. The van der Waals surface area contributed by atoms with E-state index in [1.807, 2.05) is 6.92 Å². The van der Waals surface area contributed by atoms with Crippen molar-refractivity contribution in [3.63, 3.8) is 0 Å². The second-order valence-electron chi connectivity index (χ2n) is 0.967. The fourth-order valence-corrected chi connectivity index (χ4v) is 0.166. The maximum absolute atomic E-state index is 9.34. The predicted octanol–water partition coefficient (Wildman–Crippen LogP) is 0.567. The molecule has 0 aromatic rings. The second-order valence-corrected chi connectivity index (χ2v) is 0.967. The average Bonchev–Trinajstić information content (AvgIpc) is 1.61. The topological polar surface area (TPSA) is 26.3 Å². The Bertz CT molecular complexity index is 38.7. The third-order valence-corrected chi connectivity index (χ3v) is 0.390. The van der Waals surface area contributed by atoms with E-state index in [4.69, 9.17) is 0 Å². The summed E-state index contributed by atoms with van der Waals surface area (Å²) in [5, 5.41) is 0. The number of hydrogen-bond donors (Lipinski definition) is 0. The molecule has 0 saturated heterocycles. The van der Waals surface area contributed by atoms with Crippen molar-refractivity contribution in [2.75, 3.05) is 6.61 Å². The third kappa shape index (κ3) is 10.7. The number of carbonyl (C=O) groups excluding carboxylic acids is 1. The first kappa shape index (κ1) is 10.4. The minimum atomic E-state index is 0. The van der Waals surface area contributed by atoms with Crippen LogP contribution in [0.2, 0.25) is 0 Å². The number of ether oxygens (including phenoxy) is 1. The van der Waals surface area contributed by atoms with Gasteiger partial charge in [0.25, 0.3) is 6.47 Å². The zero-order valence-electron chi connectivity index (χ0n) is 4.31. The molecule has 0 spiro atoms. The Balaban J connectivity index is 0. The summed E-state index contributed by atoms with van der Waals surface area (Å²) in [5.74, 6) is 0. The van der Waals surface area contributed by atoms with Crippen molar-refractivity contribution < 1.29 is 35.7 Å². The van der Waals surface area contributed by atoms with Gasteiger partial charge in [0.15, 0.2) is 0 Å². The van der Waals surface area contributed by atoms with Crippen molar-refractivity contribution in [1.29, 1.82) is 0 Å². The first-order chi connectivity index (χ1) is 2.91. The molecule has 0 bridgehead atoms. The first-order valence-electron chi connectivity index (χ1n) is 1.97. The van der Waals surface area contributed by atoms with Gasteiger partial charge in [0.05, 0.1) is 6.61 Å². The van der Waals surface area contributed by atoms with E-state index in [0.29, 0.717) is 13.1 Å². The molecule has 3 heteroatoms. The smallest absolute Gasteiger partial charge is 0.293 e. The largest absolute Gasteiger partial charge is 0.468 e. The van der Waals surface area contributed by atoms with Gasteiger partial charge in [-0.1, -0.05) is 6.92 Å². The summed E-state index contributed by atoms with van der Waals surface area (Å²) in [6.07, 6.45) is 0.902. The van der Waals surface area contributed by atoms with Crippen molar-refractivity contribution >= 4 is 6.47 Å². The molecular weight excluding hydrogens is 171 g/mol. The Hall–Kier alpha value is 0.353. The van der Waals surface area contributed by atoms with Gasteiger partial charge in [0.2, 0.25) is 0 Å². The van der Waals surface area contributed by atoms with Gasteiger partial charge in [-0.15, -0.1) is 0 Å². The van der Waals surface area contributed by atoms with Gasteiger partial charge in [-0.25, -0.2) is 0 Å². The molecule has 0 aliphatic rings. The van der Waals surface area contributed by atoms with Gasteiger partial charge < -0.3 is 4.74 Å². The molecule has 0 aliphatic heterocycles. The monoisotopic (exact) mass is 178 g/mol. The van der Waals surface area contributed by atoms with E-state index in [0.717, 1.165) is 6.42 Å². The summed E-state index contributed by atoms with van der Waals surface area (Å²) < 4.78 is 4.30. The van der Waals surface area contributed by atoms with Crippen LogP contribution >= 0.6 is 0 Å². The van der Waals surface area contributed by atoms with Crippen molar-refractivity contribution in [3.8, 4) is 0 Å². The molecule has 0 aromatic heterocycles. The van der Waals surface area contributed by atoms with E-state index in [1.165, 1.54) is 0 Å². The van der Waals surface area contributed by atoms with Gasteiger partial charge in [-0.05, 0) is 6.42 Å². The molecule has 0 saturated carbocycles. The molecule has 0 atom stereocenters. The minimum Gasteiger partial charge on any atom is -0.468 e. The van der Waals surface area contributed by atoms with Crippen LogP contribution in [0.1, 0.15) is 13.3 Å². The van der Waals surface area contributed by atoms with Gasteiger partial charge in [-0.2, -0.15) is 0 Å². The Morgan fingerprint density at radius 3 is 2.43 bits per heavy atom. The van der Waals surface area contributed by atoms with Crippen molar-refractivity contribution in [2.24, 2.45) is 0 Å². The Morgan fingerprint density at radius 1 is 1.71 bits per heavy atom. The zero-order valence-corrected chi connectivity index (χ0v) is 6.77. The summed E-state index contributed by atoms with van der Waals surface area (Å²) in [4.78, 5) is 9.34. The molecule has 0 unspecified atom stereocenters. The van der Waals surface area contributed by atoms with E-state index in [2.05, 4.69) is 4.74 Å². The van der Waals surface area contributed by atoms with Crippen LogP contribution in [0.3, 0.4) is 0 Å². The van der Waals surface area contributed by atoms with Crippen LogP contribution in [-0.2, 0) is 35.7 Å². The Labute approximate surface area is 62.4 Å². The van der Waals surface area contributed by atoms with E-state index >= 15 is 0 Å². The maximum atomic E-state index is 9.34. The molecular formula is C4H8O2Zr. The van der Waals surface area contributed by atoms with Gasteiger partial charge in [0.1, 0.15) is 0 Å². The number of carbonyl (C=O) groups is 1. The van der Waals surface area contributed by atoms with Gasteiger partial charge in [0, 0.05) is 26.2 Å². The normalized spacial score (nSPS) is 6.43. The molecule has 0 aliphatic carbocycles. The van der Waals surface area contributed by atoms with E-state index in [1.54, 1.807) is 0 Å². The van der Waals surface area contributed by atoms with Crippen molar-refractivity contribution in [3.05, 3.63) is 0 Å². The van der Waals surface area contributed by atoms with E-state index in [9.17, 15) is 4.79 Å². The second kappa shape index (κ2) is 9.61. The molecule has 0 N–H and O–H groups in total. The average molecular weight is 179 g/mol. The summed E-state index contributed by atoms with van der Waals surface area (Å²) in [5.41, 5.74) is 0. The van der Waals surface area contributed by atoms with Crippen LogP contribution < -0.4 is 0 Å². The van der Waals surface area contributed by atoms with Crippen LogP contribution in [0, 0.1) is 0 Å².